The second-order valence-corrected chi connectivity index (χ2v) is 8.33. The van der Waals surface area contributed by atoms with Gasteiger partial charge in [0.1, 0.15) is 0 Å². The van der Waals surface area contributed by atoms with Crippen LogP contribution < -0.4 is 4.72 Å². The van der Waals surface area contributed by atoms with Crippen molar-refractivity contribution in [2.24, 2.45) is 0 Å². The van der Waals surface area contributed by atoms with Crippen LogP contribution in [0, 0.1) is 13.8 Å². The van der Waals surface area contributed by atoms with E-state index < -0.39 is 10.0 Å². The van der Waals surface area contributed by atoms with Crippen LogP contribution in [0.5, 0.6) is 0 Å². The summed E-state index contributed by atoms with van der Waals surface area (Å²) in [5.41, 5.74) is 1.68. The van der Waals surface area contributed by atoms with Crippen LogP contribution in [0.15, 0.2) is 23.1 Å². The van der Waals surface area contributed by atoms with E-state index in [0.29, 0.717) is 37.2 Å². The Labute approximate surface area is 145 Å². The molecule has 1 aromatic carbocycles. The Morgan fingerprint density at radius 1 is 1.25 bits per heavy atom. The molecule has 1 aromatic rings. The summed E-state index contributed by atoms with van der Waals surface area (Å²) in [6.45, 7) is 7.02. The number of piperidine rings is 1. The van der Waals surface area contributed by atoms with Gasteiger partial charge in [-0.1, -0.05) is 25.5 Å². The number of hydrogen-bond donors (Lipinski definition) is 1. The molecule has 1 aliphatic rings. The van der Waals surface area contributed by atoms with Gasteiger partial charge in [-0.05, 0) is 50.3 Å². The van der Waals surface area contributed by atoms with Gasteiger partial charge in [0.05, 0.1) is 4.90 Å². The predicted octanol–water partition coefficient (Wildman–Crippen LogP) is 2.76. The van der Waals surface area contributed by atoms with Crippen molar-refractivity contribution < 1.29 is 13.2 Å². The third kappa shape index (κ3) is 4.80. The van der Waals surface area contributed by atoms with E-state index in [2.05, 4.69) is 11.6 Å². The molecule has 2 rings (SSSR count). The Bertz CT molecular complexity index is 678. The minimum Gasteiger partial charge on any atom is -0.343 e. The molecule has 24 heavy (non-hydrogen) atoms. The number of carbonyl (C=O) groups excluding carboxylic acids is 1. The summed E-state index contributed by atoms with van der Waals surface area (Å²) in [6.07, 6.45) is 3.86. The Hall–Kier alpha value is -1.40. The van der Waals surface area contributed by atoms with Crippen molar-refractivity contribution in [2.45, 2.75) is 63.8 Å². The number of benzene rings is 1. The molecule has 0 aromatic heterocycles. The van der Waals surface area contributed by atoms with Gasteiger partial charge < -0.3 is 4.90 Å². The average Bonchev–Trinajstić information content (AvgIpc) is 2.55. The molecule has 134 valence electrons. The highest BCUT2D eigenvalue weighted by molar-refractivity contribution is 7.89. The van der Waals surface area contributed by atoms with Crippen molar-refractivity contribution in [3.63, 3.8) is 0 Å². The maximum Gasteiger partial charge on any atom is 0.241 e. The molecule has 0 aliphatic carbocycles. The molecule has 0 radical (unpaired) electrons. The summed E-state index contributed by atoms with van der Waals surface area (Å²) in [6, 6.07) is 5.35. The highest BCUT2D eigenvalue weighted by atomic mass is 32.2. The highest BCUT2D eigenvalue weighted by Crippen LogP contribution is 2.19. The minimum absolute atomic E-state index is 0.106. The third-order valence-corrected chi connectivity index (χ3v) is 6.21. The number of likely N-dealkylation sites (tertiary alicyclic amines) is 1. The Morgan fingerprint density at radius 3 is 2.54 bits per heavy atom. The highest BCUT2D eigenvalue weighted by Gasteiger charge is 2.27. The van der Waals surface area contributed by atoms with E-state index in [0.717, 1.165) is 24.0 Å². The molecular formula is C18H28N2O3S. The number of amides is 1. The number of nitrogens with one attached hydrogen (secondary N) is 1. The van der Waals surface area contributed by atoms with E-state index in [9.17, 15) is 13.2 Å². The van der Waals surface area contributed by atoms with Gasteiger partial charge in [-0.3, -0.25) is 4.79 Å². The lowest BCUT2D eigenvalue weighted by Crippen LogP contribution is -2.46. The van der Waals surface area contributed by atoms with E-state index in [1.807, 2.05) is 30.9 Å². The molecule has 0 bridgehead atoms. The molecule has 5 nitrogen and oxygen atoms in total. The fraction of sp³-hybridized carbons (Fsp3) is 0.611. The maximum absolute atomic E-state index is 12.6. The molecule has 1 amide bonds. The van der Waals surface area contributed by atoms with Crippen molar-refractivity contribution in [1.29, 1.82) is 0 Å². The zero-order valence-corrected chi connectivity index (χ0v) is 15.7. The topological polar surface area (TPSA) is 66.5 Å². The lowest BCUT2D eigenvalue weighted by atomic mass is 10.1. The van der Waals surface area contributed by atoms with Crippen molar-refractivity contribution in [1.82, 2.24) is 9.62 Å². The first-order valence-corrected chi connectivity index (χ1v) is 10.2. The first-order chi connectivity index (χ1) is 11.3. The average molecular weight is 353 g/mol. The molecule has 0 atom stereocenters. The van der Waals surface area contributed by atoms with E-state index in [-0.39, 0.29) is 11.9 Å². The predicted molar refractivity (Wildman–Crippen MR) is 95.4 cm³/mol. The smallest absolute Gasteiger partial charge is 0.241 e. The van der Waals surface area contributed by atoms with E-state index >= 15 is 0 Å². The first-order valence-electron chi connectivity index (χ1n) is 8.71. The van der Waals surface area contributed by atoms with Crippen LogP contribution in [0.3, 0.4) is 0 Å². The van der Waals surface area contributed by atoms with Gasteiger partial charge in [0, 0.05) is 25.6 Å². The fourth-order valence-electron chi connectivity index (χ4n) is 3.01. The summed E-state index contributed by atoms with van der Waals surface area (Å²) in [5.74, 6) is 0.188. The third-order valence-electron chi connectivity index (χ3n) is 4.55. The van der Waals surface area contributed by atoms with Crippen molar-refractivity contribution in [2.75, 3.05) is 13.1 Å². The number of nitrogens with zero attached hydrogens (tertiary/aromatic N) is 1. The minimum atomic E-state index is -3.52. The molecule has 0 saturated carbocycles. The van der Waals surface area contributed by atoms with Crippen molar-refractivity contribution in [3.8, 4) is 0 Å². The Balaban J connectivity index is 1.95. The molecule has 1 fully saturated rings. The summed E-state index contributed by atoms with van der Waals surface area (Å²) in [5, 5.41) is 0. The Kier molecular flexibility index (Phi) is 6.40. The van der Waals surface area contributed by atoms with Gasteiger partial charge in [-0.2, -0.15) is 0 Å². The molecule has 1 saturated heterocycles. The fourth-order valence-corrected chi connectivity index (χ4v) is 4.65. The lowest BCUT2D eigenvalue weighted by Gasteiger charge is -2.32. The monoisotopic (exact) mass is 352 g/mol. The SMILES string of the molecule is CCCCC(=O)N1CCC(NS(=O)(=O)c2cc(C)ccc2C)CC1. The Morgan fingerprint density at radius 2 is 1.92 bits per heavy atom. The molecule has 1 aliphatic heterocycles. The molecule has 0 unspecified atom stereocenters. The van der Waals surface area contributed by atoms with Gasteiger partial charge in [-0.25, -0.2) is 13.1 Å². The van der Waals surface area contributed by atoms with Crippen LogP contribution in [0.25, 0.3) is 0 Å². The van der Waals surface area contributed by atoms with Crippen molar-refractivity contribution >= 4 is 15.9 Å². The largest absolute Gasteiger partial charge is 0.343 e. The van der Waals surface area contributed by atoms with Crippen molar-refractivity contribution in [3.05, 3.63) is 29.3 Å². The summed E-state index contributed by atoms with van der Waals surface area (Å²) in [7, 11) is -3.52. The molecular weight excluding hydrogens is 324 g/mol. The quantitative estimate of drug-likeness (QED) is 0.856. The lowest BCUT2D eigenvalue weighted by molar-refractivity contribution is -0.132. The van der Waals surface area contributed by atoms with Crippen LogP contribution >= 0.6 is 0 Å². The van der Waals surface area contributed by atoms with Gasteiger partial charge in [-0.15, -0.1) is 0 Å². The second-order valence-electron chi connectivity index (χ2n) is 6.65. The summed E-state index contributed by atoms with van der Waals surface area (Å²) in [4.78, 5) is 14.3. The van der Waals surface area contributed by atoms with Crippen LogP contribution in [-0.2, 0) is 14.8 Å². The van der Waals surface area contributed by atoms with Crippen LogP contribution in [0.4, 0.5) is 0 Å². The summed E-state index contributed by atoms with van der Waals surface area (Å²) < 4.78 is 28.1. The normalized spacial score (nSPS) is 16.4. The van der Waals surface area contributed by atoms with Gasteiger partial charge >= 0.3 is 0 Å². The number of carbonyl (C=O) groups is 1. The standard InChI is InChI=1S/C18H28N2O3S/c1-4-5-6-18(21)20-11-9-16(10-12-20)19-24(22,23)17-13-14(2)7-8-15(17)3/h7-8,13,16,19H,4-6,9-12H2,1-3H3. The van der Waals surface area contributed by atoms with Crippen LogP contribution in [0.1, 0.15) is 50.2 Å². The number of rotatable bonds is 6. The number of aryl methyl sites for hydroxylation is 2. The van der Waals surface area contributed by atoms with E-state index in [4.69, 9.17) is 0 Å². The molecule has 1 heterocycles. The second kappa shape index (κ2) is 8.12. The molecule has 6 heteroatoms. The van der Waals surface area contributed by atoms with Gasteiger partial charge in [0.2, 0.25) is 15.9 Å². The molecule has 0 spiro atoms. The number of sulfonamides is 1. The number of unbranched alkanes of at least 4 members (excludes halogenated alkanes) is 1. The zero-order valence-electron chi connectivity index (χ0n) is 14.8. The first kappa shape index (κ1) is 18.9. The number of hydrogen-bond acceptors (Lipinski definition) is 3. The van der Waals surface area contributed by atoms with E-state index in [1.54, 1.807) is 6.07 Å². The van der Waals surface area contributed by atoms with Crippen LogP contribution in [0.2, 0.25) is 0 Å². The summed E-state index contributed by atoms with van der Waals surface area (Å²) >= 11 is 0. The van der Waals surface area contributed by atoms with Crippen LogP contribution in [-0.4, -0.2) is 38.4 Å². The van der Waals surface area contributed by atoms with Gasteiger partial charge in [0.15, 0.2) is 0 Å². The molecule has 1 N–H and O–H groups in total. The van der Waals surface area contributed by atoms with E-state index in [1.165, 1.54) is 0 Å². The van der Waals surface area contributed by atoms with Gasteiger partial charge in [0.25, 0.3) is 0 Å². The zero-order chi connectivity index (χ0) is 17.7. The maximum atomic E-state index is 12.6.